The molecule has 1 atom stereocenters. The molecule has 0 bridgehead atoms. The Morgan fingerprint density at radius 3 is 2.43 bits per heavy atom. The van der Waals surface area contributed by atoms with Gasteiger partial charge in [0, 0.05) is 17.9 Å². The molecule has 2 aliphatic rings. The average Bonchev–Trinajstić information content (AvgIpc) is 3.50. The van der Waals surface area contributed by atoms with E-state index in [1.54, 1.807) is 35.2 Å². The number of carbonyl (C=O) groups is 5. The molecule has 2 aromatic rings. The van der Waals surface area contributed by atoms with Crippen LogP contribution < -0.4 is 15.5 Å². The highest BCUT2D eigenvalue weighted by atomic mass is 35.5. The highest BCUT2D eigenvalue weighted by molar-refractivity contribution is 8.14. The molecule has 2 N–H and O–H groups in total. The van der Waals surface area contributed by atoms with E-state index in [1.807, 2.05) is 0 Å². The average molecular weight is 567 g/mol. The van der Waals surface area contributed by atoms with Crippen molar-refractivity contribution in [3.8, 4) is 0 Å². The lowest BCUT2D eigenvalue weighted by Crippen LogP contribution is -2.44. The molecule has 0 aliphatic carbocycles. The Bertz CT molecular complexity index is 1210. The molecule has 0 spiro atoms. The lowest BCUT2D eigenvalue weighted by molar-refractivity contribution is -0.127. The maximum Gasteiger partial charge on any atom is 0.414 e. The van der Waals surface area contributed by atoms with Crippen LogP contribution in [0.25, 0.3) is 0 Å². The van der Waals surface area contributed by atoms with Crippen LogP contribution >= 0.6 is 34.7 Å². The zero-order valence-corrected chi connectivity index (χ0v) is 21.9. The third kappa shape index (κ3) is 6.48. The lowest BCUT2D eigenvalue weighted by Gasteiger charge is -2.27. The molecule has 37 heavy (non-hydrogen) atoms. The number of ether oxygens (including phenoxy) is 2. The van der Waals surface area contributed by atoms with E-state index in [0.29, 0.717) is 40.6 Å². The minimum atomic E-state index is -0.799. The third-order valence-electron chi connectivity index (χ3n) is 5.57. The van der Waals surface area contributed by atoms with Crippen molar-refractivity contribution in [2.24, 2.45) is 5.73 Å². The second-order valence-corrected chi connectivity index (χ2v) is 10.8. The fourth-order valence-corrected chi connectivity index (χ4v) is 5.32. The molecular formula is C23H23ClN4O7S2. The van der Waals surface area contributed by atoms with Gasteiger partial charge in [0.15, 0.2) is 0 Å². The summed E-state index contributed by atoms with van der Waals surface area (Å²) in [5, 5.41) is -0.388. The number of rotatable bonds is 8. The molecule has 196 valence electrons. The molecule has 0 saturated carbocycles. The number of amides is 4. The molecular weight excluding hydrogens is 544 g/mol. The van der Waals surface area contributed by atoms with Crippen LogP contribution in [0.3, 0.4) is 0 Å². The number of thioether (sulfide) groups is 1. The van der Waals surface area contributed by atoms with E-state index >= 15 is 0 Å². The first-order valence-corrected chi connectivity index (χ1v) is 13.4. The predicted molar refractivity (Wildman–Crippen MR) is 139 cm³/mol. The van der Waals surface area contributed by atoms with Crippen LogP contribution in [-0.4, -0.2) is 85.1 Å². The fraction of sp³-hybridized carbons (Fsp3) is 0.348. The number of hydrogen-bond donors (Lipinski definition) is 1. The van der Waals surface area contributed by atoms with Gasteiger partial charge < -0.3 is 20.1 Å². The van der Waals surface area contributed by atoms with Crippen molar-refractivity contribution in [1.82, 2.24) is 4.90 Å². The van der Waals surface area contributed by atoms with Gasteiger partial charge in [-0.1, -0.05) is 23.4 Å². The summed E-state index contributed by atoms with van der Waals surface area (Å²) < 4.78 is 11.0. The Labute approximate surface area is 225 Å². The first-order chi connectivity index (χ1) is 17.8. The summed E-state index contributed by atoms with van der Waals surface area (Å²) in [4.78, 5) is 66.5. The smallest absolute Gasteiger partial charge is 0.414 e. The quantitative estimate of drug-likeness (QED) is 0.508. The second kappa shape index (κ2) is 12.0. The molecule has 1 unspecified atom stereocenters. The standard InChI is InChI=1S/C23H23ClN4O7S2/c24-18-6-5-17(37-18)22(32)28(20(30)13-36-21(31)9-25)11-16-10-27(23(33)35-16)15-3-1-14(2-4-15)26-7-8-34-12-19(26)29/h1-6,16H,7-13,25H2. The van der Waals surface area contributed by atoms with Gasteiger partial charge in [-0.15, -0.1) is 11.3 Å². The van der Waals surface area contributed by atoms with E-state index in [-0.39, 0.29) is 47.9 Å². The van der Waals surface area contributed by atoms with Gasteiger partial charge in [-0.05, 0) is 36.4 Å². The highest BCUT2D eigenvalue weighted by Crippen LogP contribution is 2.27. The molecule has 4 amide bonds. The number of cyclic esters (lactones) is 1. The number of nitrogens with two attached hydrogens (primary N) is 1. The Balaban J connectivity index is 1.45. The number of thiophene rings is 1. The summed E-state index contributed by atoms with van der Waals surface area (Å²) in [6.07, 6.45) is -1.43. The normalized spacial score (nSPS) is 17.6. The van der Waals surface area contributed by atoms with Crippen molar-refractivity contribution in [1.29, 1.82) is 0 Å². The number of imide groups is 1. The Morgan fingerprint density at radius 1 is 1.11 bits per heavy atom. The summed E-state index contributed by atoms with van der Waals surface area (Å²) >= 11 is 7.68. The monoisotopic (exact) mass is 566 g/mol. The first kappa shape index (κ1) is 27.1. The SMILES string of the molecule is NCC(=O)SCC(=O)N(CC1CN(c2ccc(N3CCOCC3=O)cc2)C(=O)O1)C(=O)c1ccc(Cl)s1. The van der Waals surface area contributed by atoms with Crippen molar-refractivity contribution in [2.45, 2.75) is 6.10 Å². The molecule has 0 radical (unpaired) electrons. The van der Waals surface area contributed by atoms with Crippen LogP contribution in [0, 0.1) is 0 Å². The van der Waals surface area contributed by atoms with Gasteiger partial charge in [0.25, 0.3) is 11.8 Å². The van der Waals surface area contributed by atoms with E-state index in [9.17, 15) is 24.0 Å². The number of carbonyl (C=O) groups excluding carboxylic acids is 5. The predicted octanol–water partition coefficient (Wildman–Crippen LogP) is 1.98. The van der Waals surface area contributed by atoms with Gasteiger partial charge in [-0.2, -0.15) is 0 Å². The number of halogens is 1. The topological polar surface area (TPSA) is 140 Å². The van der Waals surface area contributed by atoms with E-state index in [4.69, 9.17) is 26.8 Å². The second-order valence-electron chi connectivity index (χ2n) is 8.01. The van der Waals surface area contributed by atoms with Gasteiger partial charge in [0.1, 0.15) is 12.7 Å². The molecule has 2 aliphatic heterocycles. The number of morpholine rings is 1. The van der Waals surface area contributed by atoms with Gasteiger partial charge in [-0.25, -0.2) is 4.79 Å². The van der Waals surface area contributed by atoms with Crippen LogP contribution in [0.1, 0.15) is 9.67 Å². The minimum absolute atomic E-state index is 0.0202. The van der Waals surface area contributed by atoms with E-state index < -0.39 is 24.0 Å². The Hall–Kier alpha value is -2.97. The van der Waals surface area contributed by atoms with Crippen LogP contribution in [0.5, 0.6) is 0 Å². The zero-order chi connectivity index (χ0) is 26.5. The fourth-order valence-electron chi connectivity index (χ4n) is 3.77. The van der Waals surface area contributed by atoms with Crippen molar-refractivity contribution in [3.05, 3.63) is 45.6 Å². The third-order valence-corrected chi connectivity index (χ3v) is 7.67. The number of nitrogens with zero attached hydrogens (tertiary/aromatic N) is 3. The van der Waals surface area contributed by atoms with Crippen LogP contribution in [0.4, 0.5) is 16.2 Å². The maximum atomic E-state index is 13.1. The molecule has 11 nitrogen and oxygen atoms in total. The molecule has 2 fully saturated rings. The van der Waals surface area contributed by atoms with Crippen LogP contribution in [-0.2, 0) is 23.9 Å². The summed E-state index contributed by atoms with van der Waals surface area (Å²) in [6, 6.07) is 9.88. The summed E-state index contributed by atoms with van der Waals surface area (Å²) in [5.74, 6) is -1.65. The summed E-state index contributed by atoms with van der Waals surface area (Å²) in [5.41, 5.74) is 6.52. The highest BCUT2D eigenvalue weighted by Gasteiger charge is 2.37. The van der Waals surface area contributed by atoms with Crippen molar-refractivity contribution < 1.29 is 33.4 Å². The van der Waals surface area contributed by atoms with Gasteiger partial charge >= 0.3 is 6.09 Å². The molecule has 3 heterocycles. The lowest BCUT2D eigenvalue weighted by atomic mass is 10.2. The van der Waals surface area contributed by atoms with E-state index in [0.717, 1.165) is 16.2 Å². The van der Waals surface area contributed by atoms with Crippen molar-refractivity contribution >= 4 is 75.0 Å². The summed E-state index contributed by atoms with van der Waals surface area (Å²) in [6.45, 7) is 0.554. The van der Waals surface area contributed by atoms with E-state index in [1.165, 1.54) is 11.0 Å². The van der Waals surface area contributed by atoms with Crippen molar-refractivity contribution in [2.75, 3.05) is 54.9 Å². The Morgan fingerprint density at radius 2 is 1.81 bits per heavy atom. The molecule has 4 rings (SSSR count). The van der Waals surface area contributed by atoms with Gasteiger partial charge in [0.05, 0.1) is 41.2 Å². The molecule has 1 aromatic carbocycles. The zero-order valence-electron chi connectivity index (χ0n) is 19.5. The number of benzene rings is 1. The number of hydrogen-bond acceptors (Lipinski definition) is 10. The number of anilines is 2. The maximum absolute atomic E-state index is 13.1. The van der Waals surface area contributed by atoms with Crippen LogP contribution in [0.15, 0.2) is 36.4 Å². The van der Waals surface area contributed by atoms with Crippen LogP contribution in [0.2, 0.25) is 4.34 Å². The Kier molecular flexibility index (Phi) is 8.82. The summed E-state index contributed by atoms with van der Waals surface area (Å²) in [7, 11) is 0. The molecule has 14 heteroatoms. The molecule has 2 saturated heterocycles. The van der Waals surface area contributed by atoms with Gasteiger partial charge in [0.2, 0.25) is 11.0 Å². The largest absolute Gasteiger partial charge is 0.442 e. The van der Waals surface area contributed by atoms with Gasteiger partial charge in [-0.3, -0.25) is 29.0 Å². The first-order valence-electron chi connectivity index (χ1n) is 11.2. The minimum Gasteiger partial charge on any atom is -0.442 e. The molecule has 1 aromatic heterocycles. The van der Waals surface area contributed by atoms with Crippen molar-refractivity contribution in [3.63, 3.8) is 0 Å². The van der Waals surface area contributed by atoms with E-state index in [2.05, 4.69) is 0 Å².